The second kappa shape index (κ2) is 10.2. The van der Waals surface area contributed by atoms with Crippen molar-refractivity contribution < 1.29 is 47.0 Å². The minimum atomic E-state index is -3.49. The molecule has 32 heavy (non-hydrogen) atoms. The molecule has 2 heterocycles. The molecule has 1 aromatic carbocycles. The first kappa shape index (κ1) is 14.9. The van der Waals surface area contributed by atoms with Crippen LogP contribution in [0.3, 0.4) is 0 Å². The van der Waals surface area contributed by atoms with Gasteiger partial charge in [0.1, 0.15) is 30.2 Å². The van der Waals surface area contributed by atoms with Crippen LogP contribution in [0.25, 0.3) is 0 Å². The van der Waals surface area contributed by atoms with Gasteiger partial charge < -0.3 is 34.6 Å². The first-order valence-corrected chi connectivity index (χ1v) is 10.0. The molecule has 0 radical (unpaired) electrons. The Morgan fingerprint density at radius 3 is 2.47 bits per heavy atom. The molecule has 2 aromatic rings. The van der Waals surface area contributed by atoms with Crippen LogP contribution in [0.1, 0.15) is 62.7 Å². The molecular weight excluding hydrogens is 416 g/mol. The molecule has 1 aliphatic heterocycles. The van der Waals surface area contributed by atoms with Gasteiger partial charge in [-0.2, -0.15) is 0 Å². The molecule has 0 bridgehead atoms. The van der Waals surface area contributed by atoms with E-state index in [-0.39, 0.29) is 17.4 Å². The van der Waals surface area contributed by atoms with E-state index in [0.717, 1.165) is 6.92 Å². The number of aliphatic hydroxyl groups excluding tert-OH is 4. The highest BCUT2D eigenvalue weighted by Crippen LogP contribution is 2.31. The van der Waals surface area contributed by atoms with Crippen molar-refractivity contribution in [1.29, 1.82) is 0 Å². The molecule has 0 spiro atoms. The molecule has 4 N–H and O–H groups in total. The fraction of sp³-hybridized carbons (Fsp3) is 0.609. The Kier molecular flexibility index (Phi) is 4.73. The van der Waals surface area contributed by atoms with E-state index >= 15 is 0 Å². The number of rotatable bonds is 8. The molecule has 9 nitrogen and oxygen atoms in total. The van der Waals surface area contributed by atoms with Gasteiger partial charge in [0.15, 0.2) is 0 Å². The smallest absolute Gasteiger partial charge is 0.239 e. The Morgan fingerprint density at radius 2 is 1.88 bits per heavy atom. The fourth-order valence-corrected chi connectivity index (χ4v) is 3.23. The first-order chi connectivity index (χ1) is 18.7. The van der Waals surface area contributed by atoms with Gasteiger partial charge in [-0.25, -0.2) is 0 Å². The zero-order chi connectivity index (χ0) is 31.3. The third-order valence-electron chi connectivity index (χ3n) is 4.87. The second-order valence-corrected chi connectivity index (χ2v) is 7.66. The summed E-state index contributed by atoms with van der Waals surface area (Å²) in [7, 11) is 0. The molecule has 0 amide bonds. The van der Waals surface area contributed by atoms with Gasteiger partial charge in [-0.3, -0.25) is 4.68 Å². The number of hydrogen-bond donors (Lipinski definition) is 4. The van der Waals surface area contributed by atoms with Crippen LogP contribution in [0.2, 0.25) is 0 Å². The highest BCUT2D eigenvalue weighted by Gasteiger charge is 2.45. The van der Waals surface area contributed by atoms with E-state index < -0.39 is 74.9 Å². The number of hydrogen-bond acceptors (Lipinski definition) is 8. The molecular formula is C23H34N2O7. The molecule has 178 valence electrons. The van der Waals surface area contributed by atoms with Crippen molar-refractivity contribution in [2.45, 2.75) is 83.7 Å². The molecule has 5 atom stereocenters. The molecule has 0 aliphatic carbocycles. The van der Waals surface area contributed by atoms with Crippen molar-refractivity contribution in [2.75, 3.05) is 6.61 Å². The average molecular weight is 460 g/mol. The Morgan fingerprint density at radius 1 is 1.19 bits per heavy atom. The first-order valence-electron chi connectivity index (χ1n) is 14.5. The van der Waals surface area contributed by atoms with Gasteiger partial charge in [-0.05, 0) is 52.2 Å². The van der Waals surface area contributed by atoms with E-state index in [4.69, 9.17) is 26.5 Å². The van der Waals surface area contributed by atoms with E-state index in [1.54, 1.807) is 13.8 Å². The zero-order valence-electron chi connectivity index (χ0n) is 26.9. The second-order valence-electron chi connectivity index (χ2n) is 7.66. The van der Waals surface area contributed by atoms with Gasteiger partial charge >= 0.3 is 0 Å². The fourth-order valence-electron chi connectivity index (χ4n) is 3.23. The molecule has 3 rings (SSSR count). The maximum absolute atomic E-state index is 10.5. The molecule has 1 saturated heterocycles. The van der Waals surface area contributed by atoms with Crippen molar-refractivity contribution in [3.05, 3.63) is 41.1 Å². The normalized spacial score (nSPS) is 31.8. The van der Waals surface area contributed by atoms with E-state index in [1.165, 1.54) is 24.3 Å². The van der Waals surface area contributed by atoms with Gasteiger partial charge in [0.25, 0.3) is 0 Å². The van der Waals surface area contributed by atoms with Crippen LogP contribution in [-0.4, -0.2) is 73.6 Å². The van der Waals surface area contributed by atoms with E-state index in [0.29, 0.717) is 10.4 Å². The molecule has 1 aliphatic rings. The minimum absolute atomic E-state index is 0.00624. The van der Waals surface area contributed by atoms with E-state index in [9.17, 15) is 20.4 Å². The van der Waals surface area contributed by atoms with Crippen molar-refractivity contribution in [3.63, 3.8) is 0 Å². The summed E-state index contributed by atoms with van der Waals surface area (Å²) in [6, 6.07) is 2.34. The van der Waals surface area contributed by atoms with Gasteiger partial charge in [0, 0.05) is 34.6 Å². The molecule has 0 unspecified atom stereocenters. The summed E-state index contributed by atoms with van der Waals surface area (Å²) >= 11 is 0. The van der Waals surface area contributed by atoms with Crippen molar-refractivity contribution in [3.8, 4) is 11.6 Å². The highest BCUT2D eigenvalue weighted by atomic mass is 16.7. The minimum Gasteiger partial charge on any atom is -0.491 e. The van der Waals surface area contributed by atoms with Crippen LogP contribution in [0.5, 0.6) is 11.6 Å². The number of nitrogens with zero attached hydrogens (tertiary/aromatic N) is 2. The maximum atomic E-state index is 10.5. The lowest BCUT2D eigenvalue weighted by Gasteiger charge is -2.39. The summed E-state index contributed by atoms with van der Waals surface area (Å²) in [6.45, 7) is -3.01. The quantitative estimate of drug-likeness (QED) is 0.466. The third kappa shape index (κ3) is 5.24. The monoisotopic (exact) mass is 459 g/mol. The van der Waals surface area contributed by atoms with E-state index in [1.807, 2.05) is 0 Å². The maximum Gasteiger partial charge on any atom is 0.239 e. The Bertz CT molecular complexity index is 1190. The molecule has 0 saturated carbocycles. The topological polar surface area (TPSA) is 126 Å². The van der Waals surface area contributed by atoms with Gasteiger partial charge in [0.2, 0.25) is 12.2 Å². The van der Waals surface area contributed by atoms with Crippen LogP contribution in [0, 0.1) is 6.92 Å². The summed E-state index contributed by atoms with van der Waals surface area (Å²) in [5.41, 5.74) is -0.885. The number of ether oxygens (including phenoxy) is 3. The van der Waals surface area contributed by atoms with Crippen molar-refractivity contribution in [1.82, 2.24) is 9.78 Å². The Balaban J connectivity index is 2.23. The lowest BCUT2D eigenvalue weighted by atomic mass is 9.99. The SMILES string of the molecule is [2H]C([2H])(c1ccc(OC(C)C)cc1)c1c(O[C@@H]2O[C@H](CO)[C@@H](O)[C@H](O)[C@H]2O)nn(C([2H])(C([2H])([2H])[2H])C([2H])([2H])[2H])c1C. The number of benzene rings is 1. The van der Waals surface area contributed by atoms with Gasteiger partial charge in [-0.1, -0.05) is 12.1 Å². The van der Waals surface area contributed by atoms with Crippen LogP contribution < -0.4 is 9.47 Å². The lowest BCUT2D eigenvalue weighted by Crippen LogP contribution is -2.60. The lowest BCUT2D eigenvalue weighted by molar-refractivity contribution is -0.278. The van der Waals surface area contributed by atoms with Gasteiger partial charge in [0.05, 0.1) is 14.1 Å². The van der Waals surface area contributed by atoms with Crippen LogP contribution in [0.4, 0.5) is 0 Å². The number of aliphatic hydroxyl groups is 4. The predicted octanol–water partition coefficient (Wildman–Crippen LogP) is 1.33. The van der Waals surface area contributed by atoms with Gasteiger partial charge in [-0.15, -0.1) is 5.10 Å². The van der Waals surface area contributed by atoms with Crippen LogP contribution in [0.15, 0.2) is 24.3 Å². The molecule has 1 aromatic heterocycles. The summed E-state index contributed by atoms with van der Waals surface area (Å²) in [6.07, 6.45) is -11.6. The Hall–Kier alpha value is -2.17. The van der Waals surface area contributed by atoms with Crippen molar-refractivity contribution >= 4 is 0 Å². The summed E-state index contributed by atoms with van der Waals surface area (Å²) < 4.78 is 90.6. The Labute approximate surface area is 200 Å². The number of aromatic nitrogens is 2. The molecule has 1 fully saturated rings. The highest BCUT2D eigenvalue weighted by molar-refractivity contribution is 5.38. The predicted molar refractivity (Wildman–Crippen MR) is 117 cm³/mol. The summed E-state index contributed by atoms with van der Waals surface area (Å²) in [4.78, 5) is 0. The summed E-state index contributed by atoms with van der Waals surface area (Å²) in [5.74, 6) is -0.316. The van der Waals surface area contributed by atoms with Crippen LogP contribution in [-0.2, 0) is 11.1 Å². The zero-order valence-corrected chi connectivity index (χ0v) is 17.9. The summed E-state index contributed by atoms with van der Waals surface area (Å²) in [5, 5.41) is 44.2. The average Bonchev–Trinajstić information content (AvgIpc) is 3.18. The third-order valence-corrected chi connectivity index (χ3v) is 4.87. The van der Waals surface area contributed by atoms with Crippen molar-refractivity contribution in [2.24, 2.45) is 0 Å². The van der Waals surface area contributed by atoms with Crippen LogP contribution >= 0.6 is 0 Å². The van der Waals surface area contributed by atoms with E-state index in [2.05, 4.69) is 5.10 Å². The largest absolute Gasteiger partial charge is 0.491 e. The molecule has 9 heteroatoms. The standard InChI is InChI=1S/C23H34N2O7/c1-12(2)25-14(5)17(10-15-6-8-16(9-7-15)30-13(3)4)22(24-25)32-23-21(29)20(28)19(27)18(11-26)31-23/h6-9,12-13,18-21,23,26-29H,10-11H2,1-5H3/t18-,19-,20+,21-,23+/m1/s1/i1D3,2D3,10D2,12D.